The molecule has 0 saturated carbocycles. The van der Waals surface area contributed by atoms with Gasteiger partial charge in [0.25, 0.3) is 0 Å². The molecule has 0 spiro atoms. The quantitative estimate of drug-likeness (QED) is 0.890. The molecule has 2 N–H and O–H groups in total. The van der Waals surface area contributed by atoms with Crippen molar-refractivity contribution >= 4 is 27.7 Å². The van der Waals surface area contributed by atoms with Crippen molar-refractivity contribution < 1.29 is 14.6 Å². The molecule has 2 rings (SSSR count). The maximum Gasteiger partial charge on any atom is 0.409 e. The summed E-state index contributed by atoms with van der Waals surface area (Å²) < 4.78 is 6.61. The number of hydrogen-bond acceptors (Lipinski definition) is 2. The maximum absolute atomic E-state index is 10.5. The number of nitrogens with one attached hydrogen (secondary N) is 1. The SMILES string of the molecule is O=C(O)Nc1cccc(OCc2cccc(Br)c2)c1. The Labute approximate surface area is 119 Å². The van der Waals surface area contributed by atoms with Crippen LogP contribution < -0.4 is 10.1 Å². The summed E-state index contributed by atoms with van der Waals surface area (Å²) >= 11 is 3.40. The van der Waals surface area contributed by atoms with Gasteiger partial charge in [-0.05, 0) is 29.8 Å². The Kier molecular flexibility index (Phi) is 4.41. The molecular formula is C14H12BrNO3. The van der Waals surface area contributed by atoms with Crippen molar-refractivity contribution in [2.45, 2.75) is 6.61 Å². The molecule has 0 aliphatic rings. The minimum Gasteiger partial charge on any atom is -0.489 e. The van der Waals surface area contributed by atoms with Gasteiger partial charge in [0.05, 0.1) is 0 Å². The van der Waals surface area contributed by atoms with E-state index in [9.17, 15) is 4.79 Å². The minimum absolute atomic E-state index is 0.427. The van der Waals surface area contributed by atoms with Crippen LogP contribution in [0, 0.1) is 0 Å². The van der Waals surface area contributed by atoms with Gasteiger partial charge < -0.3 is 9.84 Å². The summed E-state index contributed by atoms with van der Waals surface area (Å²) in [6.45, 7) is 0.427. The van der Waals surface area contributed by atoms with Gasteiger partial charge in [0.15, 0.2) is 0 Å². The fraction of sp³-hybridized carbons (Fsp3) is 0.0714. The van der Waals surface area contributed by atoms with Crippen LogP contribution in [0.1, 0.15) is 5.56 Å². The summed E-state index contributed by atoms with van der Waals surface area (Å²) in [5.41, 5.74) is 1.52. The fourth-order valence-corrected chi connectivity index (χ4v) is 2.03. The molecule has 2 aromatic carbocycles. The molecule has 98 valence electrons. The average molecular weight is 322 g/mol. The molecule has 1 amide bonds. The Morgan fingerprint density at radius 1 is 1.21 bits per heavy atom. The second-order valence-corrected chi connectivity index (χ2v) is 4.79. The average Bonchev–Trinajstić information content (AvgIpc) is 2.36. The van der Waals surface area contributed by atoms with Gasteiger partial charge in [0.2, 0.25) is 0 Å². The molecule has 4 nitrogen and oxygen atoms in total. The first-order valence-electron chi connectivity index (χ1n) is 5.61. The summed E-state index contributed by atoms with van der Waals surface area (Å²) in [5, 5.41) is 10.9. The number of anilines is 1. The molecular weight excluding hydrogens is 310 g/mol. The molecule has 0 heterocycles. The van der Waals surface area contributed by atoms with Gasteiger partial charge in [0.1, 0.15) is 12.4 Å². The lowest BCUT2D eigenvalue weighted by Gasteiger charge is -2.08. The lowest BCUT2D eigenvalue weighted by molar-refractivity contribution is 0.209. The van der Waals surface area contributed by atoms with Crippen LogP contribution in [-0.2, 0) is 6.61 Å². The molecule has 0 unspecified atom stereocenters. The number of amides is 1. The number of hydrogen-bond donors (Lipinski definition) is 2. The molecule has 0 aliphatic heterocycles. The molecule has 0 saturated heterocycles. The van der Waals surface area contributed by atoms with Crippen LogP contribution in [0.4, 0.5) is 10.5 Å². The number of halogens is 1. The van der Waals surface area contributed by atoms with Crippen molar-refractivity contribution in [2.24, 2.45) is 0 Å². The van der Waals surface area contributed by atoms with Crippen LogP contribution >= 0.6 is 15.9 Å². The highest BCUT2D eigenvalue weighted by Crippen LogP contribution is 2.19. The number of rotatable bonds is 4. The van der Waals surface area contributed by atoms with Gasteiger partial charge >= 0.3 is 6.09 Å². The van der Waals surface area contributed by atoms with E-state index in [-0.39, 0.29) is 0 Å². The van der Waals surface area contributed by atoms with Gasteiger partial charge in [-0.2, -0.15) is 0 Å². The number of carboxylic acid groups (broad SMARTS) is 1. The van der Waals surface area contributed by atoms with Crippen LogP contribution in [-0.4, -0.2) is 11.2 Å². The van der Waals surface area contributed by atoms with E-state index in [0.29, 0.717) is 18.0 Å². The Bertz CT molecular complexity index is 586. The molecule has 0 fully saturated rings. The van der Waals surface area contributed by atoms with Crippen LogP contribution in [0.5, 0.6) is 5.75 Å². The van der Waals surface area contributed by atoms with E-state index in [1.165, 1.54) is 0 Å². The molecule has 0 radical (unpaired) electrons. The molecule has 19 heavy (non-hydrogen) atoms. The van der Waals surface area contributed by atoms with Crippen molar-refractivity contribution in [3.05, 3.63) is 58.6 Å². The normalized spacial score (nSPS) is 9.95. The van der Waals surface area contributed by atoms with Gasteiger partial charge in [-0.3, -0.25) is 5.32 Å². The first kappa shape index (κ1) is 13.4. The van der Waals surface area contributed by atoms with E-state index in [1.807, 2.05) is 24.3 Å². The van der Waals surface area contributed by atoms with Crippen LogP contribution in [0.25, 0.3) is 0 Å². The van der Waals surface area contributed by atoms with Gasteiger partial charge in [-0.25, -0.2) is 4.79 Å². The van der Waals surface area contributed by atoms with E-state index in [2.05, 4.69) is 21.2 Å². The zero-order valence-electron chi connectivity index (χ0n) is 9.97. The molecule has 5 heteroatoms. The molecule has 0 atom stereocenters. The fourth-order valence-electron chi connectivity index (χ4n) is 1.58. The van der Waals surface area contributed by atoms with Gasteiger partial charge in [0, 0.05) is 16.2 Å². The monoisotopic (exact) mass is 321 g/mol. The molecule has 0 bridgehead atoms. The Hall–Kier alpha value is -2.01. The third-order valence-electron chi connectivity index (χ3n) is 2.38. The molecule has 2 aromatic rings. The van der Waals surface area contributed by atoms with Crippen molar-refractivity contribution in [1.29, 1.82) is 0 Å². The summed E-state index contributed by atoms with van der Waals surface area (Å²) in [4.78, 5) is 10.5. The van der Waals surface area contributed by atoms with Crippen LogP contribution in [0.3, 0.4) is 0 Å². The Balaban J connectivity index is 2.01. The van der Waals surface area contributed by atoms with E-state index in [1.54, 1.807) is 24.3 Å². The van der Waals surface area contributed by atoms with Gasteiger partial charge in [-0.1, -0.05) is 34.1 Å². The number of ether oxygens (including phenoxy) is 1. The lowest BCUT2D eigenvalue weighted by atomic mass is 10.2. The summed E-state index contributed by atoms with van der Waals surface area (Å²) in [6.07, 6.45) is -1.09. The third kappa shape index (κ3) is 4.30. The Morgan fingerprint density at radius 3 is 2.74 bits per heavy atom. The highest BCUT2D eigenvalue weighted by atomic mass is 79.9. The standard InChI is InChI=1S/C14H12BrNO3/c15-11-4-1-3-10(7-11)9-19-13-6-2-5-12(8-13)16-14(17)18/h1-8,16H,9H2,(H,17,18). The minimum atomic E-state index is -1.09. The van der Waals surface area contributed by atoms with Crippen molar-refractivity contribution in [2.75, 3.05) is 5.32 Å². The highest BCUT2D eigenvalue weighted by molar-refractivity contribution is 9.10. The van der Waals surface area contributed by atoms with Crippen LogP contribution in [0.15, 0.2) is 53.0 Å². The zero-order chi connectivity index (χ0) is 13.7. The van der Waals surface area contributed by atoms with E-state index >= 15 is 0 Å². The summed E-state index contributed by atoms with van der Waals surface area (Å²) in [6, 6.07) is 14.6. The molecule has 0 aliphatic carbocycles. The van der Waals surface area contributed by atoms with Crippen LogP contribution in [0.2, 0.25) is 0 Å². The summed E-state index contributed by atoms with van der Waals surface area (Å²) in [7, 11) is 0. The van der Waals surface area contributed by atoms with E-state index in [4.69, 9.17) is 9.84 Å². The highest BCUT2D eigenvalue weighted by Gasteiger charge is 2.01. The second kappa shape index (κ2) is 6.24. The van der Waals surface area contributed by atoms with E-state index < -0.39 is 6.09 Å². The number of carbonyl (C=O) groups is 1. The Morgan fingerprint density at radius 2 is 2.00 bits per heavy atom. The zero-order valence-corrected chi connectivity index (χ0v) is 11.6. The van der Waals surface area contributed by atoms with E-state index in [0.717, 1.165) is 10.0 Å². The summed E-state index contributed by atoms with van der Waals surface area (Å²) in [5.74, 6) is 0.617. The van der Waals surface area contributed by atoms with Crippen molar-refractivity contribution in [3.63, 3.8) is 0 Å². The van der Waals surface area contributed by atoms with Crippen molar-refractivity contribution in [3.8, 4) is 5.75 Å². The predicted octanol–water partition coefficient (Wildman–Crippen LogP) is 4.12. The first-order chi connectivity index (χ1) is 9.13. The maximum atomic E-state index is 10.5. The van der Waals surface area contributed by atoms with Gasteiger partial charge in [-0.15, -0.1) is 0 Å². The lowest BCUT2D eigenvalue weighted by Crippen LogP contribution is -2.07. The molecule has 0 aromatic heterocycles. The largest absolute Gasteiger partial charge is 0.489 e. The number of benzene rings is 2. The predicted molar refractivity (Wildman–Crippen MR) is 76.6 cm³/mol. The van der Waals surface area contributed by atoms with Crippen molar-refractivity contribution in [1.82, 2.24) is 0 Å². The second-order valence-electron chi connectivity index (χ2n) is 3.88. The first-order valence-corrected chi connectivity index (χ1v) is 6.40. The smallest absolute Gasteiger partial charge is 0.409 e. The third-order valence-corrected chi connectivity index (χ3v) is 2.87. The topological polar surface area (TPSA) is 58.6 Å².